The fraction of sp³-hybridized carbons (Fsp3) is 0.733. The number of hydrogen-bond donors (Lipinski definition) is 1. The van der Waals surface area contributed by atoms with Gasteiger partial charge in [0.1, 0.15) is 11.9 Å². The van der Waals surface area contributed by atoms with Gasteiger partial charge in [-0.3, -0.25) is 0 Å². The lowest BCUT2D eigenvalue weighted by atomic mass is 10.0. The Morgan fingerprint density at radius 2 is 2.00 bits per heavy atom. The van der Waals surface area contributed by atoms with Crippen molar-refractivity contribution in [3.8, 4) is 0 Å². The molecule has 0 bridgehead atoms. The molecule has 0 aromatic carbocycles. The number of halogens is 1. The second-order valence-electron chi connectivity index (χ2n) is 5.64. The molecule has 1 unspecified atom stereocenters. The molecule has 3 rings (SSSR count). The molecule has 2 aliphatic rings. The Bertz CT molecular complexity index is 468. The first-order valence-electron chi connectivity index (χ1n) is 7.72. The van der Waals surface area contributed by atoms with Gasteiger partial charge in [0.2, 0.25) is 0 Å². The number of aromatic nitrogens is 2. The van der Waals surface area contributed by atoms with Crippen molar-refractivity contribution in [2.45, 2.75) is 57.5 Å². The van der Waals surface area contributed by atoms with Crippen LogP contribution in [0.15, 0.2) is 4.47 Å². The highest BCUT2D eigenvalue weighted by Crippen LogP contribution is 2.40. The van der Waals surface area contributed by atoms with Crippen molar-refractivity contribution in [3.63, 3.8) is 0 Å². The lowest BCUT2D eigenvalue weighted by Gasteiger charge is -2.18. The number of rotatable bonds is 4. The lowest BCUT2D eigenvalue weighted by Crippen LogP contribution is -2.12. The first-order chi connectivity index (χ1) is 9.79. The van der Waals surface area contributed by atoms with Crippen molar-refractivity contribution in [1.29, 1.82) is 0 Å². The SMILES string of the molecule is CCNc1nc(C2CCCO2)nc(C2CCCC2)c1Br. The van der Waals surface area contributed by atoms with Crippen molar-refractivity contribution in [3.05, 3.63) is 16.0 Å². The molecule has 0 spiro atoms. The van der Waals surface area contributed by atoms with Gasteiger partial charge in [0.25, 0.3) is 0 Å². The van der Waals surface area contributed by atoms with Gasteiger partial charge in [-0.1, -0.05) is 12.8 Å². The average Bonchev–Trinajstić information content (AvgIpc) is 3.14. The highest BCUT2D eigenvalue weighted by Gasteiger charge is 2.27. The Kier molecular flexibility index (Phi) is 4.56. The molecule has 5 heteroatoms. The predicted molar refractivity (Wildman–Crippen MR) is 83.0 cm³/mol. The van der Waals surface area contributed by atoms with E-state index in [9.17, 15) is 0 Å². The molecule has 1 saturated heterocycles. The zero-order valence-corrected chi connectivity index (χ0v) is 13.6. The Balaban J connectivity index is 1.97. The highest BCUT2D eigenvalue weighted by atomic mass is 79.9. The number of nitrogens with one attached hydrogen (secondary N) is 1. The number of hydrogen-bond acceptors (Lipinski definition) is 4. The third-order valence-electron chi connectivity index (χ3n) is 4.20. The monoisotopic (exact) mass is 339 g/mol. The molecule has 1 aromatic heterocycles. The van der Waals surface area contributed by atoms with Gasteiger partial charge in [-0.2, -0.15) is 0 Å². The van der Waals surface area contributed by atoms with Crippen molar-refractivity contribution < 1.29 is 4.74 Å². The Hall–Kier alpha value is -0.680. The van der Waals surface area contributed by atoms with E-state index in [0.29, 0.717) is 5.92 Å². The molecule has 1 aliphatic carbocycles. The van der Waals surface area contributed by atoms with Crippen LogP contribution in [0.3, 0.4) is 0 Å². The topological polar surface area (TPSA) is 47.0 Å². The van der Waals surface area contributed by atoms with Crippen LogP contribution in [-0.2, 0) is 4.74 Å². The molecule has 0 radical (unpaired) electrons. The second kappa shape index (κ2) is 6.39. The summed E-state index contributed by atoms with van der Waals surface area (Å²) < 4.78 is 6.81. The molecule has 1 aromatic rings. The summed E-state index contributed by atoms with van der Waals surface area (Å²) in [7, 11) is 0. The van der Waals surface area contributed by atoms with Crippen LogP contribution in [0.5, 0.6) is 0 Å². The summed E-state index contributed by atoms with van der Waals surface area (Å²) >= 11 is 3.71. The molecule has 1 saturated carbocycles. The second-order valence-corrected chi connectivity index (χ2v) is 6.44. The van der Waals surface area contributed by atoms with Crippen molar-refractivity contribution in [1.82, 2.24) is 9.97 Å². The normalized spacial score (nSPS) is 23.4. The van der Waals surface area contributed by atoms with Crippen molar-refractivity contribution in [2.24, 2.45) is 0 Å². The summed E-state index contributed by atoms with van der Waals surface area (Å²) in [5, 5.41) is 3.35. The van der Waals surface area contributed by atoms with Crippen LogP contribution in [0.1, 0.15) is 69.0 Å². The van der Waals surface area contributed by atoms with Gasteiger partial charge in [-0.25, -0.2) is 9.97 Å². The fourth-order valence-corrected chi connectivity index (χ4v) is 3.80. The van der Waals surface area contributed by atoms with E-state index in [1.165, 1.54) is 31.4 Å². The molecule has 20 heavy (non-hydrogen) atoms. The predicted octanol–water partition coefficient (Wildman–Crippen LogP) is 4.18. The minimum atomic E-state index is 0.0839. The molecular formula is C15H22BrN3O. The van der Waals surface area contributed by atoms with E-state index in [-0.39, 0.29) is 6.10 Å². The summed E-state index contributed by atoms with van der Waals surface area (Å²) in [5.74, 6) is 2.36. The Morgan fingerprint density at radius 1 is 1.20 bits per heavy atom. The molecule has 110 valence electrons. The van der Waals surface area contributed by atoms with E-state index in [1.54, 1.807) is 0 Å². The van der Waals surface area contributed by atoms with Crippen LogP contribution in [0.4, 0.5) is 5.82 Å². The lowest BCUT2D eigenvalue weighted by molar-refractivity contribution is 0.105. The Morgan fingerprint density at radius 3 is 2.65 bits per heavy atom. The molecular weight excluding hydrogens is 318 g/mol. The van der Waals surface area contributed by atoms with Crippen molar-refractivity contribution in [2.75, 3.05) is 18.5 Å². The van der Waals surface area contributed by atoms with Gasteiger partial charge in [0, 0.05) is 19.1 Å². The smallest absolute Gasteiger partial charge is 0.159 e. The summed E-state index contributed by atoms with van der Waals surface area (Å²) in [6, 6.07) is 0. The van der Waals surface area contributed by atoms with Crippen LogP contribution in [-0.4, -0.2) is 23.1 Å². The van der Waals surface area contributed by atoms with Crippen LogP contribution < -0.4 is 5.32 Å². The third-order valence-corrected chi connectivity index (χ3v) is 4.98. The zero-order chi connectivity index (χ0) is 13.9. The molecule has 1 N–H and O–H groups in total. The summed E-state index contributed by atoms with van der Waals surface area (Å²) in [4.78, 5) is 9.54. The zero-order valence-electron chi connectivity index (χ0n) is 12.0. The number of nitrogens with zero attached hydrogens (tertiary/aromatic N) is 2. The minimum Gasteiger partial charge on any atom is -0.370 e. The summed E-state index contributed by atoms with van der Waals surface area (Å²) in [6.45, 7) is 3.79. The van der Waals surface area contributed by atoms with E-state index in [0.717, 1.165) is 42.1 Å². The molecule has 1 atom stereocenters. The van der Waals surface area contributed by atoms with Gasteiger partial charge >= 0.3 is 0 Å². The van der Waals surface area contributed by atoms with E-state index in [2.05, 4.69) is 33.2 Å². The van der Waals surface area contributed by atoms with Crippen LogP contribution in [0, 0.1) is 0 Å². The van der Waals surface area contributed by atoms with Crippen LogP contribution >= 0.6 is 15.9 Å². The summed E-state index contributed by atoms with van der Waals surface area (Å²) in [6.07, 6.45) is 7.34. The molecule has 2 fully saturated rings. The molecule has 1 aliphatic heterocycles. The van der Waals surface area contributed by atoms with Crippen LogP contribution in [0.2, 0.25) is 0 Å². The Labute approximate surface area is 128 Å². The maximum Gasteiger partial charge on any atom is 0.159 e. The van der Waals surface area contributed by atoms with Gasteiger partial charge in [-0.15, -0.1) is 0 Å². The number of ether oxygens (including phenoxy) is 1. The van der Waals surface area contributed by atoms with Gasteiger partial charge in [0.15, 0.2) is 5.82 Å². The van der Waals surface area contributed by atoms with E-state index < -0.39 is 0 Å². The molecule has 0 amide bonds. The van der Waals surface area contributed by atoms with Crippen LogP contribution in [0.25, 0.3) is 0 Å². The standard InChI is InChI=1S/C15H22BrN3O/c1-2-17-15-12(16)13(10-6-3-4-7-10)18-14(19-15)11-8-5-9-20-11/h10-11H,2-9H2,1H3,(H,17,18,19). The van der Waals surface area contributed by atoms with E-state index in [1.807, 2.05) is 0 Å². The first kappa shape index (κ1) is 14.3. The third kappa shape index (κ3) is 2.84. The largest absolute Gasteiger partial charge is 0.370 e. The number of anilines is 1. The minimum absolute atomic E-state index is 0.0839. The van der Waals surface area contributed by atoms with E-state index in [4.69, 9.17) is 9.72 Å². The van der Waals surface area contributed by atoms with E-state index >= 15 is 0 Å². The van der Waals surface area contributed by atoms with Gasteiger partial charge in [-0.05, 0) is 48.5 Å². The quantitative estimate of drug-likeness (QED) is 0.893. The van der Waals surface area contributed by atoms with Gasteiger partial charge in [0.05, 0.1) is 10.2 Å². The molecule has 2 heterocycles. The maximum atomic E-state index is 5.76. The average molecular weight is 340 g/mol. The first-order valence-corrected chi connectivity index (χ1v) is 8.51. The molecule has 4 nitrogen and oxygen atoms in total. The summed E-state index contributed by atoms with van der Waals surface area (Å²) in [5.41, 5.74) is 1.18. The fourth-order valence-electron chi connectivity index (χ4n) is 3.16. The van der Waals surface area contributed by atoms with Crippen molar-refractivity contribution >= 4 is 21.7 Å². The van der Waals surface area contributed by atoms with Gasteiger partial charge < -0.3 is 10.1 Å². The maximum absolute atomic E-state index is 5.76. The highest BCUT2D eigenvalue weighted by molar-refractivity contribution is 9.10.